The maximum atomic E-state index is 14.9. The van der Waals surface area contributed by atoms with Gasteiger partial charge in [0.15, 0.2) is 5.96 Å². The second kappa shape index (κ2) is 60.9. The lowest BCUT2D eigenvalue weighted by Gasteiger charge is -2.30. The number of carbonyl (C=O) groups excluding carboxylic acids is 15. The van der Waals surface area contributed by atoms with Crippen molar-refractivity contribution < 1.29 is 132 Å². The van der Waals surface area contributed by atoms with Crippen molar-refractivity contribution in [1.82, 2.24) is 99.6 Å². The van der Waals surface area contributed by atoms with Crippen LogP contribution in [0.15, 0.2) is 67.3 Å². The number of carbonyl (C=O) groups is 20. The summed E-state index contributed by atoms with van der Waals surface area (Å²) in [6.07, 6.45) is -0.655. The number of imidazole rings is 1. The molecule has 0 unspecified atom stereocenters. The first-order valence-corrected chi connectivity index (χ1v) is 46.0. The Balaban J connectivity index is 1.31. The smallest absolute Gasteiger partial charge is 0.326 e. The minimum absolute atomic E-state index is 0.00136. The van der Waals surface area contributed by atoms with Crippen LogP contribution in [0.1, 0.15) is 172 Å². The van der Waals surface area contributed by atoms with Crippen LogP contribution in [-0.2, 0) is 115 Å². The van der Waals surface area contributed by atoms with Gasteiger partial charge in [-0.15, -0.1) is 0 Å². The van der Waals surface area contributed by atoms with Gasteiger partial charge in [0, 0.05) is 87.0 Å². The SMILES string of the molecule is CC(C)C[C@H](NC(=O)CNC(=O)[C@H](Cc1ccc(O)cc1)NC(=O)[C@H](CO)NC(=O)[C@H](Cc1c[nH]c2ccccc12)NC(=O)[C@H](Cc1cnc[nH]1)NC(=O)[C@@H](N)CCC(=O)O)C(=O)N[C@@H](CCCNC(=N)N)C(=O)N1CCC[C@H]1C(=O)NCC(=O)N[C@@H](CCCCN)C(=O)N[C@@H](CCC(=O)O)C(=O)N[C@@H](CCCCN)C(=O)N[C@@H](CCC(=O)O)C(=O)N[C@@H](CCCCN)C(=O)N[C@@H](CCC(=O)O)C(=O)O. The Morgan fingerprint density at radius 1 is 0.457 bits per heavy atom. The van der Waals surface area contributed by atoms with Gasteiger partial charge in [-0.2, -0.15) is 0 Å². The molecule has 0 saturated carbocycles. The molecule has 0 spiro atoms. The normalized spacial score (nSPS) is 15.0. The largest absolute Gasteiger partial charge is 0.508 e. The highest BCUT2D eigenvalue weighted by atomic mass is 16.4. The molecular formula is C88H133N25O27. The first-order chi connectivity index (χ1) is 66.5. The molecule has 5 rings (SSSR count). The molecule has 140 heavy (non-hydrogen) atoms. The predicted molar refractivity (Wildman–Crippen MR) is 498 cm³/mol. The summed E-state index contributed by atoms with van der Waals surface area (Å²) >= 11 is 0. The van der Waals surface area contributed by atoms with Gasteiger partial charge in [-0.1, -0.05) is 44.2 Å². The first kappa shape index (κ1) is 116. The Hall–Kier alpha value is -14.5. The van der Waals surface area contributed by atoms with E-state index in [1.165, 1.54) is 36.8 Å². The second-order valence-corrected chi connectivity index (χ2v) is 34.0. The molecule has 0 bridgehead atoms. The van der Waals surface area contributed by atoms with Gasteiger partial charge in [0.1, 0.15) is 84.3 Å². The van der Waals surface area contributed by atoms with E-state index in [9.17, 15) is 127 Å². The molecule has 3 heterocycles. The molecule has 35 N–H and O–H groups in total. The van der Waals surface area contributed by atoms with Gasteiger partial charge in [-0.05, 0) is 170 Å². The summed E-state index contributed by atoms with van der Waals surface area (Å²) in [4.78, 5) is 283. The molecule has 15 amide bonds. The molecule has 14 atom stereocenters. The molecule has 1 aliphatic rings. The topological polar surface area (TPSA) is 865 Å². The third-order valence-corrected chi connectivity index (χ3v) is 22.4. The van der Waals surface area contributed by atoms with E-state index in [1.54, 1.807) is 44.3 Å². The lowest BCUT2D eigenvalue weighted by molar-refractivity contribution is -0.144. The lowest BCUT2D eigenvalue weighted by atomic mass is 10.0. The van der Waals surface area contributed by atoms with E-state index < -0.39 is 274 Å². The number of benzene rings is 2. The van der Waals surface area contributed by atoms with E-state index in [1.807, 2.05) is 0 Å². The molecule has 1 saturated heterocycles. The number of phenolic OH excluding ortho intramolecular Hbond substituents is 1. The molecule has 0 radical (unpaired) electrons. The fraction of sp³-hybridized carbons (Fsp3) is 0.568. The Labute approximate surface area is 804 Å². The molecule has 4 aromatic rings. The van der Waals surface area contributed by atoms with Gasteiger partial charge >= 0.3 is 29.8 Å². The zero-order valence-corrected chi connectivity index (χ0v) is 77.9. The van der Waals surface area contributed by atoms with E-state index in [2.05, 4.69) is 94.7 Å². The average molecular weight is 1970 g/mol. The van der Waals surface area contributed by atoms with Crippen molar-refractivity contribution in [2.45, 2.75) is 259 Å². The Morgan fingerprint density at radius 2 is 0.879 bits per heavy atom. The minimum Gasteiger partial charge on any atom is -0.508 e. The lowest BCUT2D eigenvalue weighted by Crippen LogP contribution is -2.60. The number of amides is 15. The summed E-state index contributed by atoms with van der Waals surface area (Å²) in [7, 11) is 0. The van der Waals surface area contributed by atoms with Crippen molar-refractivity contribution in [2.24, 2.45) is 34.6 Å². The summed E-state index contributed by atoms with van der Waals surface area (Å²) in [5.74, 6) is -23.3. The molecule has 1 fully saturated rings. The summed E-state index contributed by atoms with van der Waals surface area (Å²) in [5, 5.41) is 114. The standard InChI is InChI=1S/C88H133N25O27/c1-47(2)37-62(102-69(117)43-98-75(127)63(38-48-20-22-51(115)23-21-48)110-84(136)66(45-114)112-82(134)64(39-49-41-97-54-14-4-3-13-52(49)54)111-83(135)65(40-50-42-95-46-100-50)109-74(126)53(92)24-28-70(118)119)81(133)107-60(18-11-35-96-88(93)94)86(138)113-36-12-19-67(113)85(137)99-44-68(116)101-55(15-5-8-32-89)76(128)105-58(25-29-71(120)121)79(131)103-56(16-6-9-33-90)77(129)106-59(26-30-72(122)123)80(132)104-57(17-7-10-34-91)78(130)108-61(87(139)140)27-31-73(124)125/h3-4,13-14,20-23,41-42,46-47,53,55-67,97,114-115H,5-12,15-19,24-40,43-45,89-92H2,1-2H3,(H,95,100)(H,98,127)(H,99,137)(H,101,116)(H,102,117)(H,103,131)(H,104,132)(H,105,128)(H,106,129)(H,107,133)(H,108,130)(H,109,126)(H,110,136)(H,111,135)(H,112,134)(H,118,119)(H,120,121)(H,122,123)(H,124,125)(H,139,140)(H4,93,94,96)/t53-,55-,56-,57-,58-,59-,60-,61-,62-,63-,64-,65-,66-,67-/m0/s1. The van der Waals surface area contributed by atoms with E-state index in [0.717, 1.165) is 4.90 Å². The number of hydrogen-bond donors (Lipinski definition) is 30. The van der Waals surface area contributed by atoms with Crippen LogP contribution in [-0.4, -0.2) is 317 Å². The van der Waals surface area contributed by atoms with Crippen LogP contribution in [0.4, 0.5) is 0 Å². The number of nitrogens with two attached hydrogens (primary N) is 5. The molecular weight excluding hydrogens is 1840 g/mol. The molecule has 52 nitrogen and oxygen atoms in total. The number of aromatic nitrogens is 3. The summed E-state index contributed by atoms with van der Waals surface area (Å²) in [6.45, 7) is 0.814. The fourth-order valence-electron chi connectivity index (χ4n) is 14.9. The van der Waals surface area contributed by atoms with Gasteiger partial charge in [0.25, 0.3) is 0 Å². The van der Waals surface area contributed by atoms with Gasteiger partial charge in [-0.25, -0.2) is 9.78 Å². The number of H-pyrrole nitrogens is 2. The number of nitrogens with zero attached hydrogens (tertiary/aromatic N) is 2. The minimum atomic E-state index is -1.87. The van der Waals surface area contributed by atoms with Crippen LogP contribution >= 0.6 is 0 Å². The molecule has 2 aromatic heterocycles. The summed E-state index contributed by atoms with van der Waals surface area (Å²) in [5.41, 5.74) is 30.6. The highest BCUT2D eigenvalue weighted by molar-refractivity contribution is 6.01. The van der Waals surface area contributed by atoms with Gasteiger partial charge in [0.05, 0.1) is 32.1 Å². The summed E-state index contributed by atoms with van der Waals surface area (Å²) in [6, 6.07) is -9.86. The number of carboxylic acid groups (broad SMARTS) is 5. The molecule has 1 aliphatic heterocycles. The number of nitrogens with one attached hydrogen (secondary N) is 18. The Morgan fingerprint density at radius 3 is 1.37 bits per heavy atom. The zero-order valence-electron chi connectivity index (χ0n) is 77.9. The van der Waals surface area contributed by atoms with Crippen molar-refractivity contribution in [1.29, 1.82) is 5.41 Å². The zero-order chi connectivity index (χ0) is 104. The van der Waals surface area contributed by atoms with Crippen molar-refractivity contribution in [3.63, 3.8) is 0 Å². The van der Waals surface area contributed by atoms with Crippen LogP contribution < -0.4 is 108 Å². The maximum Gasteiger partial charge on any atom is 0.326 e. The number of aromatic hydroxyl groups is 1. The second-order valence-electron chi connectivity index (χ2n) is 34.0. The van der Waals surface area contributed by atoms with Crippen LogP contribution in [0.2, 0.25) is 0 Å². The predicted octanol–water partition coefficient (Wildman–Crippen LogP) is -6.77. The number of likely N-dealkylation sites (tertiary alicyclic amines) is 1. The van der Waals surface area contributed by atoms with Crippen molar-refractivity contribution >= 4 is 135 Å². The Kier molecular flexibility index (Phi) is 50.5. The highest BCUT2D eigenvalue weighted by Gasteiger charge is 2.42. The number of guanidine groups is 1. The number of carboxylic acids is 5. The van der Waals surface area contributed by atoms with Gasteiger partial charge in [-0.3, -0.25) is 96.5 Å². The van der Waals surface area contributed by atoms with E-state index in [4.69, 9.17) is 39.2 Å². The summed E-state index contributed by atoms with van der Waals surface area (Å²) < 4.78 is 0. The number of unbranched alkanes of at least 4 members (excludes halogenated alkanes) is 3. The number of para-hydroxylation sites is 1. The van der Waals surface area contributed by atoms with Crippen molar-refractivity contribution in [3.05, 3.63) is 84.1 Å². The van der Waals surface area contributed by atoms with E-state index in [-0.39, 0.29) is 154 Å². The number of hydrogen-bond acceptors (Lipinski definition) is 28. The molecule has 0 aliphatic carbocycles. The van der Waals surface area contributed by atoms with E-state index >= 15 is 0 Å². The molecule has 52 heteroatoms. The number of fused-ring (bicyclic) bond motifs is 1. The third kappa shape index (κ3) is 41.8. The van der Waals surface area contributed by atoms with Crippen LogP contribution in [0.5, 0.6) is 5.75 Å². The molecule has 772 valence electrons. The van der Waals surface area contributed by atoms with Crippen LogP contribution in [0.3, 0.4) is 0 Å². The average Bonchev–Trinajstić information content (AvgIpc) is 1.67. The number of phenols is 1. The quantitative estimate of drug-likeness (QED) is 0.0111. The first-order valence-electron chi connectivity index (χ1n) is 46.0. The monoisotopic (exact) mass is 1970 g/mol. The van der Waals surface area contributed by atoms with Crippen LogP contribution in [0.25, 0.3) is 10.9 Å². The van der Waals surface area contributed by atoms with Gasteiger partial charge < -0.3 is 159 Å². The fourth-order valence-corrected chi connectivity index (χ4v) is 14.9. The number of aliphatic hydroxyl groups is 1. The number of aromatic amines is 2. The number of rotatable bonds is 67. The van der Waals surface area contributed by atoms with Crippen molar-refractivity contribution in [2.75, 3.05) is 52.4 Å². The maximum absolute atomic E-state index is 14.9. The highest BCUT2D eigenvalue weighted by Crippen LogP contribution is 2.24. The van der Waals surface area contributed by atoms with Crippen LogP contribution in [0, 0.1) is 11.3 Å². The number of aliphatic carboxylic acids is 5. The number of aliphatic hydroxyl groups excluding tert-OH is 1. The molecule has 2 aromatic carbocycles. The van der Waals surface area contributed by atoms with Gasteiger partial charge in [0.2, 0.25) is 88.6 Å². The Bertz CT molecular complexity index is 4870. The third-order valence-electron chi connectivity index (χ3n) is 22.4. The van der Waals surface area contributed by atoms with Crippen molar-refractivity contribution in [3.8, 4) is 5.75 Å². The van der Waals surface area contributed by atoms with E-state index in [0.29, 0.717) is 34.1 Å².